The van der Waals surface area contributed by atoms with E-state index in [0.717, 1.165) is 22.0 Å². The molecule has 1 heterocycles. The van der Waals surface area contributed by atoms with E-state index in [4.69, 9.17) is 5.73 Å². The summed E-state index contributed by atoms with van der Waals surface area (Å²) in [5.74, 6) is -0.205. The van der Waals surface area contributed by atoms with Gasteiger partial charge in [0.05, 0.1) is 10.2 Å². The molecule has 0 aliphatic carbocycles. The van der Waals surface area contributed by atoms with Gasteiger partial charge in [-0.25, -0.2) is 4.98 Å². The number of nitrogens with zero attached hydrogens (tertiary/aromatic N) is 1. The number of benzene rings is 1. The summed E-state index contributed by atoms with van der Waals surface area (Å²) in [5.41, 5.74) is 5.83. The van der Waals surface area contributed by atoms with Crippen LogP contribution >= 0.6 is 23.1 Å². The number of nitrogens with two attached hydrogens (primary N) is 1. The van der Waals surface area contributed by atoms with Crippen molar-refractivity contribution in [2.75, 3.05) is 5.75 Å². The number of halogens is 3. The van der Waals surface area contributed by atoms with E-state index in [1.54, 1.807) is 0 Å². The molecule has 0 radical (unpaired) electrons. The van der Waals surface area contributed by atoms with Crippen LogP contribution in [0.2, 0.25) is 0 Å². The Morgan fingerprint density at radius 3 is 2.71 bits per heavy atom. The number of fused-ring (bicyclic) bond motifs is 1. The van der Waals surface area contributed by atoms with Gasteiger partial charge in [0.15, 0.2) is 4.34 Å². The quantitative estimate of drug-likeness (QED) is 0.876. The number of hydrogen-bond donors (Lipinski definition) is 1. The minimum absolute atomic E-state index is 0.205. The SMILES string of the molecule is N[C@@H](CSc1nc2ccccc2s1)C(F)(F)F. The van der Waals surface area contributed by atoms with Gasteiger partial charge in [0.1, 0.15) is 6.04 Å². The van der Waals surface area contributed by atoms with Crippen molar-refractivity contribution in [3.63, 3.8) is 0 Å². The standard InChI is InChI=1S/C10H9F3N2S2/c11-10(12,13)8(14)5-16-9-15-6-3-1-2-4-7(6)17-9/h1-4,8H,5,14H2/t8-/m0/s1. The summed E-state index contributed by atoms with van der Waals surface area (Å²) in [7, 11) is 0. The van der Waals surface area contributed by atoms with Crippen molar-refractivity contribution in [1.29, 1.82) is 0 Å². The highest BCUT2D eigenvalue weighted by Gasteiger charge is 2.36. The first kappa shape index (κ1) is 12.7. The minimum Gasteiger partial charge on any atom is -0.319 e. The first-order valence-corrected chi connectivity index (χ1v) is 6.57. The molecular formula is C10H9F3N2S2. The molecule has 1 aromatic heterocycles. The lowest BCUT2D eigenvalue weighted by Crippen LogP contribution is -2.39. The molecule has 0 amide bonds. The first-order valence-electron chi connectivity index (χ1n) is 4.77. The maximum absolute atomic E-state index is 12.2. The first-order chi connectivity index (χ1) is 7.97. The second-order valence-electron chi connectivity index (χ2n) is 3.41. The van der Waals surface area contributed by atoms with E-state index in [1.807, 2.05) is 24.3 Å². The van der Waals surface area contributed by atoms with Crippen LogP contribution in [0.3, 0.4) is 0 Å². The van der Waals surface area contributed by atoms with E-state index in [1.165, 1.54) is 11.3 Å². The minimum atomic E-state index is -4.34. The Morgan fingerprint density at radius 1 is 1.35 bits per heavy atom. The number of aromatic nitrogens is 1. The van der Waals surface area contributed by atoms with Gasteiger partial charge in [-0.05, 0) is 12.1 Å². The van der Waals surface area contributed by atoms with Crippen LogP contribution in [0.5, 0.6) is 0 Å². The van der Waals surface area contributed by atoms with Crippen LogP contribution < -0.4 is 5.73 Å². The highest BCUT2D eigenvalue weighted by atomic mass is 32.2. The van der Waals surface area contributed by atoms with Crippen LogP contribution in [0.25, 0.3) is 10.2 Å². The third kappa shape index (κ3) is 3.11. The molecule has 17 heavy (non-hydrogen) atoms. The summed E-state index contributed by atoms with van der Waals surface area (Å²) in [4.78, 5) is 4.23. The van der Waals surface area contributed by atoms with E-state index in [2.05, 4.69) is 4.98 Å². The smallest absolute Gasteiger partial charge is 0.319 e. The Kier molecular flexibility index (Phi) is 3.60. The topological polar surface area (TPSA) is 38.9 Å². The zero-order valence-electron chi connectivity index (χ0n) is 8.57. The highest BCUT2D eigenvalue weighted by Crippen LogP contribution is 2.31. The molecule has 0 saturated heterocycles. The highest BCUT2D eigenvalue weighted by molar-refractivity contribution is 8.01. The average molecular weight is 278 g/mol. The average Bonchev–Trinajstić information content (AvgIpc) is 2.66. The Balaban J connectivity index is 2.04. The van der Waals surface area contributed by atoms with Gasteiger partial charge in [0.25, 0.3) is 0 Å². The van der Waals surface area contributed by atoms with E-state index in [-0.39, 0.29) is 5.75 Å². The van der Waals surface area contributed by atoms with Crippen molar-refractivity contribution >= 4 is 33.3 Å². The molecule has 7 heteroatoms. The molecular weight excluding hydrogens is 269 g/mol. The predicted molar refractivity (Wildman–Crippen MR) is 64.4 cm³/mol. The van der Waals surface area contributed by atoms with Crippen molar-refractivity contribution in [2.45, 2.75) is 16.6 Å². The van der Waals surface area contributed by atoms with Crippen molar-refractivity contribution in [1.82, 2.24) is 4.98 Å². The Labute approximate surface area is 104 Å². The molecule has 0 spiro atoms. The summed E-state index contributed by atoms with van der Waals surface area (Å²) < 4.78 is 38.2. The molecule has 92 valence electrons. The summed E-state index contributed by atoms with van der Waals surface area (Å²) in [6.07, 6.45) is -4.34. The Bertz CT molecular complexity index is 476. The Hall–Kier alpha value is -0.790. The fourth-order valence-electron chi connectivity index (χ4n) is 1.17. The van der Waals surface area contributed by atoms with Crippen LogP contribution in [0.15, 0.2) is 28.6 Å². The van der Waals surface area contributed by atoms with Gasteiger partial charge in [0.2, 0.25) is 0 Å². The van der Waals surface area contributed by atoms with E-state index in [9.17, 15) is 13.2 Å². The number of para-hydroxylation sites is 1. The van der Waals surface area contributed by atoms with Crippen molar-refractivity contribution in [3.05, 3.63) is 24.3 Å². The summed E-state index contributed by atoms with van der Waals surface area (Å²) >= 11 is 2.42. The van der Waals surface area contributed by atoms with Crippen LogP contribution in [-0.2, 0) is 0 Å². The van der Waals surface area contributed by atoms with Crippen LogP contribution in [0.4, 0.5) is 13.2 Å². The Morgan fingerprint density at radius 2 is 2.06 bits per heavy atom. The van der Waals surface area contributed by atoms with Crippen molar-refractivity contribution in [2.24, 2.45) is 5.73 Å². The molecule has 2 aromatic rings. The second kappa shape index (κ2) is 4.83. The van der Waals surface area contributed by atoms with Crippen LogP contribution in [0.1, 0.15) is 0 Å². The summed E-state index contributed by atoms with van der Waals surface area (Å²) in [6.45, 7) is 0. The van der Waals surface area contributed by atoms with E-state index < -0.39 is 12.2 Å². The molecule has 0 aliphatic heterocycles. The molecule has 0 fully saturated rings. The fraction of sp³-hybridized carbons (Fsp3) is 0.300. The molecule has 2 nitrogen and oxygen atoms in total. The number of alkyl halides is 3. The zero-order valence-corrected chi connectivity index (χ0v) is 10.2. The van der Waals surface area contributed by atoms with Gasteiger partial charge >= 0.3 is 6.18 Å². The molecule has 0 bridgehead atoms. The molecule has 0 unspecified atom stereocenters. The zero-order chi connectivity index (χ0) is 12.5. The third-order valence-corrected chi connectivity index (χ3v) is 4.38. The van der Waals surface area contributed by atoms with Gasteiger partial charge in [-0.2, -0.15) is 13.2 Å². The maximum Gasteiger partial charge on any atom is 0.404 e. The normalized spacial score (nSPS) is 14.1. The molecule has 0 saturated carbocycles. The third-order valence-electron chi connectivity index (χ3n) is 2.08. The van der Waals surface area contributed by atoms with Crippen molar-refractivity contribution in [3.8, 4) is 0 Å². The number of thioether (sulfide) groups is 1. The second-order valence-corrected chi connectivity index (χ2v) is 5.70. The van der Waals surface area contributed by atoms with Gasteiger partial charge < -0.3 is 5.73 Å². The summed E-state index contributed by atoms with van der Waals surface area (Å²) in [5, 5.41) is 0. The lowest BCUT2D eigenvalue weighted by molar-refractivity contribution is -0.142. The maximum atomic E-state index is 12.2. The van der Waals surface area contributed by atoms with Gasteiger partial charge in [-0.1, -0.05) is 23.9 Å². The largest absolute Gasteiger partial charge is 0.404 e. The van der Waals surface area contributed by atoms with Gasteiger partial charge in [-0.15, -0.1) is 11.3 Å². The van der Waals surface area contributed by atoms with Gasteiger partial charge in [0, 0.05) is 5.75 Å². The monoisotopic (exact) mass is 278 g/mol. The van der Waals surface area contributed by atoms with Crippen LogP contribution in [-0.4, -0.2) is 23.0 Å². The number of thiazole rings is 1. The lowest BCUT2D eigenvalue weighted by Gasteiger charge is -2.13. The van der Waals surface area contributed by atoms with E-state index in [0.29, 0.717) is 4.34 Å². The molecule has 0 aliphatic rings. The molecule has 2 rings (SSSR count). The predicted octanol–water partition coefficient (Wildman–Crippen LogP) is 3.28. The lowest BCUT2D eigenvalue weighted by atomic mass is 10.3. The summed E-state index contributed by atoms with van der Waals surface area (Å²) in [6, 6.07) is 5.63. The number of hydrogen-bond acceptors (Lipinski definition) is 4. The van der Waals surface area contributed by atoms with Gasteiger partial charge in [-0.3, -0.25) is 0 Å². The fourth-order valence-corrected chi connectivity index (χ4v) is 3.25. The van der Waals surface area contributed by atoms with Crippen LogP contribution in [0, 0.1) is 0 Å². The molecule has 2 N–H and O–H groups in total. The molecule has 1 aromatic carbocycles. The van der Waals surface area contributed by atoms with E-state index >= 15 is 0 Å². The van der Waals surface area contributed by atoms with Crippen molar-refractivity contribution < 1.29 is 13.2 Å². The number of rotatable bonds is 3. The molecule has 1 atom stereocenters.